The molecular formula is C31H36ClN5. The minimum Gasteiger partial charge on any atom is -0.360 e. The van der Waals surface area contributed by atoms with Crippen molar-refractivity contribution in [3.05, 3.63) is 94.2 Å². The first kappa shape index (κ1) is 25.3. The number of allylic oxidation sites excluding steroid dienone is 2. The van der Waals surface area contributed by atoms with Gasteiger partial charge in [-0.25, -0.2) is 9.67 Å². The lowest BCUT2D eigenvalue weighted by atomic mass is 9.95. The third-order valence-corrected chi connectivity index (χ3v) is 8.07. The zero-order chi connectivity index (χ0) is 26.3. The summed E-state index contributed by atoms with van der Waals surface area (Å²) >= 11 is 6.59. The predicted octanol–water partition coefficient (Wildman–Crippen LogP) is 7.57. The number of amidine groups is 1. The maximum Gasteiger partial charge on any atom is 0.105 e. The van der Waals surface area contributed by atoms with Crippen LogP contribution >= 0.6 is 11.6 Å². The number of fused-ring (bicyclic) bond motifs is 1. The number of hydrogen-bond acceptors (Lipinski definition) is 3. The third-order valence-electron chi connectivity index (χ3n) is 7.66. The van der Waals surface area contributed by atoms with E-state index in [0.29, 0.717) is 11.0 Å². The lowest BCUT2D eigenvalue weighted by molar-refractivity contribution is 0.381. The van der Waals surface area contributed by atoms with Gasteiger partial charge in [-0.1, -0.05) is 56.3 Å². The van der Waals surface area contributed by atoms with Crippen molar-refractivity contribution in [1.82, 2.24) is 19.7 Å². The van der Waals surface area contributed by atoms with E-state index in [-0.39, 0.29) is 0 Å². The van der Waals surface area contributed by atoms with Crippen molar-refractivity contribution in [1.29, 1.82) is 0 Å². The molecule has 0 unspecified atom stereocenters. The Morgan fingerprint density at radius 2 is 1.89 bits per heavy atom. The molecule has 4 heterocycles. The Labute approximate surface area is 225 Å². The van der Waals surface area contributed by atoms with Gasteiger partial charge >= 0.3 is 0 Å². The molecule has 37 heavy (non-hydrogen) atoms. The van der Waals surface area contributed by atoms with Crippen LogP contribution in [0.25, 0.3) is 16.3 Å². The summed E-state index contributed by atoms with van der Waals surface area (Å²) in [6.45, 7) is 17.0. The number of hydrogen-bond donors (Lipinski definition) is 1. The van der Waals surface area contributed by atoms with E-state index in [9.17, 15) is 0 Å². The minimum absolute atomic E-state index is 0.545. The lowest BCUT2D eigenvalue weighted by Gasteiger charge is -2.31. The number of H-pyrrole nitrogens is 1. The van der Waals surface area contributed by atoms with Gasteiger partial charge in [0, 0.05) is 55.0 Å². The van der Waals surface area contributed by atoms with E-state index in [4.69, 9.17) is 21.7 Å². The highest BCUT2D eigenvalue weighted by Gasteiger charge is 2.30. The average molecular weight is 514 g/mol. The molecule has 0 radical (unpaired) electrons. The molecule has 3 aromatic rings. The SMILES string of the molecule is C=C(c1cc[nH]c1/C(Cl)=C\C)c1c2c(nn1-c1c(C)cccc1C)CCN(C1=NC=C(C(C)C)CC1)C2. The third kappa shape index (κ3) is 4.61. The molecular weight excluding hydrogens is 478 g/mol. The van der Waals surface area contributed by atoms with E-state index in [1.807, 2.05) is 19.2 Å². The monoisotopic (exact) mass is 513 g/mol. The number of aliphatic imine (C=N–C) groups is 1. The number of halogens is 1. The molecule has 0 spiro atoms. The van der Waals surface area contributed by atoms with Crippen molar-refractivity contribution in [2.75, 3.05) is 6.54 Å². The summed E-state index contributed by atoms with van der Waals surface area (Å²) in [5.74, 6) is 1.72. The molecule has 2 aliphatic rings. The number of nitrogens with one attached hydrogen (secondary N) is 1. The number of aromatic nitrogens is 3. The Kier molecular flexibility index (Phi) is 7.00. The van der Waals surface area contributed by atoms with Crippen LogP contribution in [0.1, 0.15) is 72.9 Å². The fraction of sp³-hybridized carbons (Fsp3) is 0.355. The van der Waals surface area contributed by atoms with Crippen LogP contribution in [0.4, 0.5) is 0 Å². The van der Waals surface area contributed by atoms with Crippen molar-refractivity contribution in [2.24, 2.45) is 10.9 Å². The van der Waals surface area contributed by atoms with Crippen LogP contribution in [0.5, 0.6) is 0 Å². The molecule has 0 saturated heterocycles. The molecule has 0 amide bonds. The van der Waals surface area contributed by atoms with Gasteiger partial charge in [0.1, 0.15) is 5.84 Å². The number of aromatic amines is 1. The molecule has 0 fully saturated rings. The Morgan fingerprint density at radius 3 is 2.54 bits per heavy atom. The first-order valence-electron chi connectivity index (χ1n) is 13.2. The topological polar surface area (TPSA) is 49.2 Å². The second kappa shape index (κ2) is 10.2. The van der Waals surface area contributed by atoms with Gasteiger partial charge in [0.2, 0.25) is 0 Å². The summed E-state index contributed by atoms with van der Waals surface area (Å²) < 4.78 is 2.13. The summed E-state index contributed by atoms with van der Waals surface area (Å²) in [5, 5.41) is 5.88. The highest BCUT2D eigenvalue weighted by Crippen LogP contribution is 2.37. The van der Waals surface area contributed by atoms with Gasteiger partial charge in [-0.3, -0.25) is 0 Å². The summed E-state index contributed by atoms with van der Waals surface area (Å²) in [7, 11) is 0. The van der Waals surface area contributed by atoms with Crippen molar-refractivity contribution < 1.29 is 0 Å². The van der Waals surface area contributed by atoms with Crippen molar-refractivity contribution in [2.45, 2.75) is 60.4 Å². The molecule has 0 aliphatic carbocycles. The number of para-hydroxylation sites is 1. The number of rotatable bonds is 5. The first-order valence-corrected chi connectivity index (χ1v) is 13.5. The molecule has 5 nitrogen and oxygen atoms in total. The maximum absolute atomic E-state index is 6.59. The molecule has 0 atom stereocenters. The van der Waals surface area contributed by atoms with Crippen LogP contribution in [0, 0.1) is 19.8 Å². The van der Waals surface area contributed by atoms with E-state index in [0.717, 1.165) is 66.3 Å². The second-order valence-electron chi connectivity index (χ2n) is 10.4. The summed E-state index contributed by atoms with van der Waals surface area (Å²) in [4.78, 5) is 10.6. The van der Waals surface area contributed by atoms with Gasteiger partial charge in [-0.2, -0.15) is 5.10 Å². The van der Waals surface area contributed by atoms with E-state index in [2.05, 4.69) is 79.3 Å². The first-order chi connectivity index (χ1) is 17.8. The molecule has 1 N–H and O–H groups in total. The molecule has 5 rings (SSSR count). The van der Waals surface area contributed by atoms with Crippen molar-refractivity contribution in [3.8, 4) is 5.69 Å². The summed E-state index contributed by atoms with van der Waals surface area (Å²) in [6.07, 6.45) is 8.86. The van der Waals surface area contributed by atoms with E-state index >= 15 is 0 Å². The molecule has 1 aromatic carbocycles. The maximum atomic E-state index is 6.59. The normalized spacial score (nSPS) is 16.1. The Balaban J connectivity index is 1.63. The lowest BCUT2D eigenvalue weighted by Crippen LogP contribution is -2.36. The van der Waals surface area contributed by atoms with Crippen LogP contribution in [0.2, 0.25) is 0 Å². The van der Waals surface area contributed by atoms with Gasteiger partial charge in [0.05, 0.1) is 27.8 Å². The fourth-order valence-electron chi connectivity index (χ4n) is 5.52. The fourth-order valence-corrected chi connectivity index (χ4v) is 5.67. The molecule has 2 aliphatic heterocycles. The number of nitrogens with zero attached hydrogens (tertiary/aromatic N) is 4. The Hall–Kier alpha value is -3.31. The number of aryl methyl sites for hydroxylation is 2. The van der Waals surface area contributed by atoms with Crippen LogP contribution in [0.15, 0.2) is 59.9 Å². The van der Waals surface area contributed by atoms with Crippen LogP contribution in [-0.4, -0.2) is 32.0 Å². The van der Waals surface area contributed by atoms with Crippen LogP contribution < -0.4 is 0 Å². The Morgan fingerprint density at radius 1 is 1.14 bits per heavy atom. The second-order valence-corrected chi connectivity index (χ2v) is 10.8. The minimum atomic E-state index is 0.545. The van der Waals surface area contributed by atoms with Gasteiger partial charge in [0.25, 0.3) is 0 Å². The molecule has 0 bridgehead atoms. The largest absolute Gasteiger partial charge is 0.360 e. The molecule has 6 heteroatoms. The Bertz CT molecular complexity index is 1430. The molecule has 0 saturated carbocycles. The predicted molar refractivity (Wildman–Crippen MR) is 155 cm³/mol. The van der Waals surface area contributed by atoms with Gasteiger partial charge in [-0.15, -0.1) is 0 Å². The molecule has 2 aromatic heterocycles. The smallest absolute Gasteiger partial charge is 0.105 e. The van der Waals surface area contributed by atoms with Crippen molar-refractivity contribution in [3.63, 3.8) is 0 Å². The highest BCUT2D eigenvalue weighted by atomic mass is 35.5. The van der Waals surface area contributed by atoms with E-state index in [1.54, 1.807) is 0 Å². The molecule has 192 valence electrons. The van der Waals surface area contributed by atoms with Gasteiger partial charge in [-0.05, 0) is 55.9 Å². The van der Waals surface area contributed by atoms with E-state index < -0.39 is 0 Å². The average Bonchev–Trinajstić information content (AvgIpc) is 3.53. The van der Waals surface area contributed by atoms with Crippen LogP contribution in [0.3, 0.4) is 0 Å². The van der Waals surface area contributed by atoms with Crippen LogP contribution in [-0.2, 0) is 13.0 Å². The van der Waals surface area contributed by atoms with Gasteiger partial charge in [0.15, 0.2) is 0 Å². The highest BCUT2D eigenvalue weighted by molar-refractivity contribution is 6.48. The van der Waals surface area contributed by atoms with Gasteiger partial charge < -0.3 is 9.88 Å². The summed E-state index contributed by atoms with van der Waals surface area (Å²) in [6, 6.07) is 8.46. The quantitative estimate of drug-likeness (QED) is 0.382. The zero-order valence-electron chi connectivity index (χ0n) is 22.5. The van der Waals surface area contributed by atoms with E-state index in [1.165, 1.54) is 28.1 Å². The standard InChI is InChI=1S/C31H36ClN5/c1-7-26(32)29-24(13-15-33-29)22(6)31-25-18-36(28-12-11-23(17-34-28)19(2)3)16-14-27(25)35-37(31)30-20(4)9-8-10-21(30)5/h7-10,13,15,17,19,33H,6,11-12,14,16,18H2,1-5H3/b26-7+. The zero-order valence-corrected chi connectivity index (χ0v) is 23.3. The van der Waals surface area contributed by atoms with Crippen molar-refractivity contribution >= 4 is 28.0 Å². The summed E-state index contributed by atoms with van der Waals surface area (Å²) in [5.41, 5.74) is 11.1. The number of benzene rings is 1.